The quantitative estimate of drug-likeness (QED) is 0.745. The highest BCUT2D eigenvalue weighted by molar-refractivity contribution is 7.80. The van der Waals surface area contributed by atoms with Gasteiger partial charge in [-0.1, -0.05) is 26.7 Å². The Hall–Kier alpha value is -0.310. The van der Waals surface area contributed by atoms with Crippen LogP contribution < -0.4 is 5.32 Å². The van der Waals surface area contributed by atoms with E-state index < -0.39 is 0 Å². The maximum Gasteiger partial charge on any atom is 0.168 e. The summed E-state index contributed by atoms with van der Waals surface area (Å²) >= 11 is 5.36. The van der Waals surface area contributed by atoms with Gasteiger partial charge in [0.25, 0.3) is 0 Å². The molecule has 0 aromatic heterocycles. The van der Waals surface area contributed by atoms with Crippen LogP contribution in [0.15, 0.2) is 0 Å². The molecule has 0 amide bonds. The smallest absolute Gasteiger partial charge is 0.168 e. The lowest BCUT2D eigenvalue weighted by atomic mass is 9.93. The number of thiocarbonyl (C=S) groups is 1. The minimum absolute atomic E-state index is 0.945. The Labute approximate surface area is 99.4 Å². The Morgan fingerprint density at radius 3 is 2.47 bits per heavy atom. The van der Waals surface area contributed by atoms with Crippen molar-refractivity contribution in [2.75, 3.05) is 19.6 Å². The van der Waals surface area contributed by atoms with Gasteiger partial charge in [-0.2, -0.15) is 0 Å². The van der Waals surface area contributed by atoms with Crippen LogP contribution in [0.1, 0.15) is 46.0 Å². The molecule has 15 heavy (non-hydrogen) atoms. The maximum atomic E-state index is 5.36. The molecule has 2 nitrogen and oxygen atoms in total. The van der Waals surface area contributed by atoms with E-state index in [0.29, 0.717) is 0 Å². The summed E-state index contributed by atoms with van der Waals surface area (Å²) in [7, 11) is 0. The second-order valence-corrected chi connectivity index (χ2v) is 4.84. The van der Waals surface area contributed by atoms with E-state index in [1.54, 1.807) is 0 Å². The van der Waals surface area contributed by atoms with E-state index in [0.717, 1.165) is 37.1 Å². The Bertz CT molecular complexity index is 186. The number of hydrogen-bond donors (Lipinski definition) is 1. The van der Waals surface area contributed by atoms with Crippen LogP contribution in [0.4, 0.5) is 0 Å². The fraction of sp³-hybridized carbons (Fsp3) is 0.917. The molecule has 1 saturated heterocycles. The highest BCUT2D eigenvalue weighted by Gasteiger charge is 2.19. The fourth-order valence-corrected chi connectivity index (χ4v) is 2.46. The number of likely N-dealkylation sites (tertiary alicyclic amines) is 1. The van der Waals surface area contributed by atoms with Crippen molar-refractivity contribution in [3.63, 3.8) is 0 Å². The first kappa shape index (κ1) is 12.8. The summed E-state index contributed by atoms with van der Waals surface area (Å²) in [5.74, 6) is 0.945. The Morgan fingerprint density at radius 2 is 1.93 bits per heavy atom. The van der Waals surface area contributed by atoms with Crippen LogP contribution in [0.2, 0.25) is 0 Å². The van der Waals surface area contributed by atoms with Crippen LogP contribution in [-0.2, 0) is 0 Å². The molecule has 1 N–H and O–H groups in total. The average Bonchev–Trinajstić information content (AvgIpc) is 2.27. The molecule has 3 heteroatoms. The zero-order valence-electron chi connectivity index (χ0n) is 10.1. The molecule has 0 atom stereocenters. The van der Waals surface area contributed by atoms with E-state index in [1.807, 2.05) is 0 Å². The van der Waals surface area contributed by atoms with Gasteiger partial charge in [0.1, 0.15) is 0 Å². The summed E-state index contributed by atoms with van der Waals surface area (Å²) in [4.78, 5) is 2.33. The second-order valence-electron chi connectivity index (χ2n) is 4.45. The van der Waals surface area contributed by atoms with E-state index in [-0.39, 0.29) is 0 Å². The van der Waals surface area contributed by atoms with E-state index in [9.17, 15) is 0 Å². The van der Waals surface area contributed by atoms with Crippen molar-refractivity contribution in [1.29, 1.82) is 0 Å². The summed E-state index contributed by atoms with van der Waals surface area (Å²) in [5.41, 5.74) is 0. The van der Waals surface area contributed by atoms with Crippen LogP contribution in [0, 0.1) is 5.92 Å². The molecule has 0 saturated carbocycles. The van der Waals surface area contributed by atoms with Gasteiger partial charge in [0.05, 0.1) is 0 Å². The van der Waals surface area contributed by atoms with Crippen LogP contribution in [-0.4, -0.2) is 29.6 Å². The zero-order chi connectivity index (χ0) is 11.1. The van der Waals surface area contributed by atoms with Crippen molar-refractivity contribution in [2.45, 2.75) is 46.0 Å². The molecule has 0 aliphatic carbocycles. The minimum atomic E-state index is 0.945. The SMILES string of the molecule is CCCNC(=S)N1CCC(CCC)CC1. The van der Waals surface area contributed by atoms with Gasteiger partial charge in [-0.25, -0.2) is 0 Å². The number of piperidine rings is 1. The van der Waals surface area contributed by atoms with Crippen molar-refractivity contribution < 1.29 is 0 Å². The van der Waals surface area contributed by atoms with Crippen LogP contribution in [0.5, 0.6) is 0 Å². The molecule has 0 radical (unpaired) electrons. The summed E-state index contributed by atoms with van der Waals surface area (Å²) in [5, 5.41) is 4.27. The van der Waals surface area contributed by atoms with Gasteiger partial charge >= 0.3 is 0 Å². The van der Waals surface area contributed by atoms with Gasteiger partial charge in [-0.05, 0) is 37.4 Å². The normalized spacial score (nSPS) is 17.9. The third-order valence-corrected chi connectivity index (χ3v) is 3.53. The Morgan fingerprint density at radius 1 is 1.27 bits per heavy atom. The van der Waals surface area contributed by atoms with Crippen LogP contribution in [0.25, 0.3) is 0 Å². The van der Waals surface area contributed by atoms with Crippen LogP contribution in [0.3, 0.4) is 0 Å². The largest absolute Gasteiger partial charge is 0.363 e. The highest BCUT2D eigenvalue weighted by atomic mass is 32.1. The summed E-state index contributed by atoms with van der Waals surface area (Å²) in [6.07, 6.45) is 6.50. The molecule has 1 aliphatic heterocycles. The van der Waals surface area contributed by atoms with Gasteiger partial charge in [0, 0.05) is 19.6 Å². The standard InChI is InChI=1S/C12H24N2S/c1-3-5-11-6-9-14(10-7-11)12(15)13-8-4-2/h11H,3-10H2,1-2H3,(H,13,15). The predicted octanol–water partition coefficient (Wildman–Crippen LogP) is 2.78. The molecule has 0 spiro atoms. The van der Waals surface area contributed by atoms with E-state index in [4.69, 9.17) is 12.2 Å². The average molecular weight is 228 g/mol. The third-order valence-electron chi connectivity index (χ3n) is 3.12. The Balaban J connectivity index is 2.21. The molecule has 1 fully saturated rings. The number of nitrogens with one attached hydrogen (secondary N) is 1. The van der Waals surface area contributed by atoms with Gasteiger partial charge in [-0.3, -0.25) is 0 Å². The molecule has 1 aliphatic rings. The van der Waals surface area contributed by atoms with E-state index in [1.165, 1.54) is 25.7 Å². The number of hydrogen-bond acceptors (Lipinski definition) is 1. The molecular formula is C12H24N2S. The van der Waals surface area contributed by atoms with E-state index in [2.05, 4.69) is 24.1 Å². The van der Waals surface area contributed by atoms with Gasteiger partial charge in [0.2, 0.25) is 0 Å². The van der Waals surface area contributed by atoms with Crippen molar-refractivity contribution in [1.82, 2.24) is 10.2 Å². The van der Waals surface area contributed by atoms with Crippen LogP contribution >= 0.6 is 12.2 Å². The number of nitrogens with zero attached hydrogens (tertiary/aromatic N) is 1. The molecule has 0 unspecified atom stereocenters. The molecule has 1 heterocycles. The van der Waals surface area contributed by atoms with Gasteiger partial charge in [0.15, 0.2) is 5.11 Å². The predicted molar refractivity (Wildman–Crippen MR) is 70.1 cm³/mol. The topological polar surface area (TPSA) is 15.3 Å². The second kappa shape index (κ2) is 7.04. The van der Waals surface area contributed by atoms with Gasteiger partial charge < -0.3 is 10.2 Å². The summed E-state index contributed by atoms with van der Waals surface area (Å²) < 4.78 is 0. The molecule has 0 aromatic carbocycles. The lowest BCUT2D eigenvalue weighted by Gasteiger charge is -2.33. The molecular weight excluding hydrogens is 204 g/mol. The Kier molecular flexibility index (Phi) is 5.99. The zero-order valence-corrected chi connectivity index (χ0v) is 10.9. The fourth-order valence-electron chi connectivity index (χ4n) is 2.18. The lowest BCUT2D eigenvalue weighted by molar-refractivity contribution is 0.253. The maximum absolute atomic E-state index is 5.36. The first-order valence-corrected chi connectivity index (χ1v) is 6.71. The summed E-state index contributed by atoms with van der Waals surface area (Å²) in [6, 6.07) is 0. The number of rotatable bonds is 4. The highest BCUT2D eigenvalue weighted by Crippen LogP contribution is 2.21. The van der Waals surface area contributed by atoms with Crippen molar-refractivity contribution in [3.05, 3.63) is 0 Å². The van der Waals surface area contributed by atoms with Crippen molar-refractivity contribution in [3.8, 4) is 0 Å². The van der Waals surface area contributed by atoms with Gasteiger partial charge in [-0.15, -0.1) is 0 Å². The summed E-state index contributed by atoms with van der Waals surface area (Å²) in [6.45, 7) is 7.76. The minimum Gasteiger partial charge on any atom is -0.363 e. The lowest BCUT2D eigenvalue weighted by Crippen LogP contribution is -2.44. The molecule has 88 valence electrons. The molecule has 0 bridgehead atoms. The van der Waals surface area contributed by atoms with Crippen molar-refractivity contribution in [2.24, 2.45) is 5.92 Å². The first-order valence-electron chi connectivity index (χ1n) is 6.30. The van der Waals surface area contributed by atoms with Crippen molar-refractivity contribution >= 4 is 17.3 Å². The third kappa shape index (κ3) is 4.37. The first-order chi connectivity index (χ1) is 7.27. The molecule has 0 aromatic rings. The van der Waals surface area contributed by atoms with E-state index >= 15 is 0 Å². The molecule has 1 rings (SSSR count). The monoisotopic (exact) mass is 228 g/mol.